The van der Waals surface area contributed by atoms with Crippen LogP contribution in [0.2, 0.25) is 0 Å². The van der Waals surface area contributed by atoms with Crippen molar-refractivity contribution >= 4 is 49.9 Å². The molecule has 0 aliphatic rings. The number of ether oxygens (including phenoxy) is 1. The number of nitrogens with zero attached hydrogens (tertiary/aromatic N) is 1. The molecule has 1 N–H and O–H groups in total. The number of amides is 1. The third kappa shape index (κ3) is 6.64. The largest absolute Gasteiger partial charge is 0.484 e. The summed E-state index contributed by atoms with van der Waals surface area (Å²) < 4.78 is 35.2. The minimum Gasteiger partial charge on any atom is -0.484 e. The molecule has 1 amide bonds. The summed E-state index contributed by atoms with van der Waals surface area (Å²) in [6.45, 7) is 1.92. The van der Waals surface area contributed by atoms with E-state index in [0.717, 1.165) is 14.7 Å². The van der Waals surface area contributed by atoms with Crippen molar-refractivity contribution in [3.05, 3.63) is 118 Å². The van der Waals surface area contributed by atoms with Crippen molar-refractivity contribution in [1.82, 2.24) is 0 Å². The number of sulfonamides is 1. The van der Waals surface area contributed by atoms with Crippen LogP contribution in [-0.4, -0.2) is 20.9 Å². The van der Waals surface area contributed by atoms with Gasteiger partial charge in [-0.2, -0.15) is 0 Å². The number of aryl methyl sites for hydroxylation is 1. The number of hydrogen-bond donors (Lipinski definition) is 1. The van der Waals surface area contributed by atoms with Gasteiger partial charge in [-0.1, -0.05) is 48.0 Å². The third-order valence-corrected chi connectivity index (χ3v) is 7.91. The van der Waals surface area contributed by atoms with E-state index >= 15 is 0 Å². The standard InChI is InChI=1S/C28H25IN2O4S/c1-21-7-17-27(18-8-21)36(33,34)31(19-22-5-3-2-4-6-22)25-13-15-26(16-14-25)35-20-28(32)30-24-11-9-23(29)10-12-24/h2-18H,19-20H2,1H3,(H,30,32). The summed E-state index contributed by atoms with van der Waals surface area (Å²) in [6.07, 6.45) is 0. The highest BCUT2D eigenvalue weighted by Gasteiger charge is 2.25. The van der Waals surface area contributed by atoms with Crippen LogP contribution in [-0.2, 0) is 21.4 Å². The van der Waals surface area contributed by atoms with E-state index < -0.39 is 10.0 Å². The van der Waals surface area contributed by atoms with Gasteiger partial charge in [0, 0.05) is 9.26 Å². The molecule has 0 fully saturated rings. The normalized spacial score (nSPS) is 11.1. The molecule has 0 radical (unpaired) electrons. The van der Waals surface area contributed by atoms with Crippen LogP contribution in [0.3, 0.4) is 0 Å². The number of benzene rings is 4. The van der Waals surface area contributed by atoms with Gasteiger partial charge in [-0.15, -0.1) is 0 Å². The van der Waals surface area contributed by atoms with Crippen LogP contribution in [0.5, 0.6) is 5.75 Å². The Morgan fingerprint density at radius 2 is 1.50 bits per heavy atom. The van der Waals surface area contributed by atoms with Gasteiger partial charge >= 0.3 is 0 Å². The Kier molecular flexibility index (Phi) is 8.27. The fraction of sp³-hybridized carbons (Fsp3) is 0.107. The fourth-order valence-corrected chi connectivity index (χ4v) is 5.30. The molecule has 0 aliphatic heterocycles. The van der Waals surface area contributed by atoms with E-state index in [9.17, 15) is 13.2 Å². The smallest absolute Gasteiger partial charge is 0.264 e. The third-order valence-electron chi connectivity index (χ3n) is 5.40. The Bertz CT molecular complexity index is 1410. The minimum absolute atomic E-state index is 0.166. The number of nitrogens with one attached hydrogen (secondary N) is 1. The Morgan fingerprint density at radius 1 is 0.861 bits per heavy atom. The molecule has 0 spiro atoms. The lowest BCUT2D eigenvalue weighted by Gasteiger charge is -2.25. The van der Waals surface area contributed by atoms with Gasteiger partial charge in [0.2, 0.25) is 0 Å². The quantitative estimate of drug-likeness (QED) is 0.235. The molecule has 184 valence electrons. The number of carbonyl (C=O) groups excluding carboxylic acids is 1. The molecule has 0 saturated heterocycles. The second-order valence-electron chi connectivity index (χ2n) is 8.15. The van der Waals surface area contributed by atoms with Gasteiger partial charge in [-0.05, 0) is 95.7 Å². The molecule has 0 unspecified atom stereocenters. The highest BCUT2D eigenvalue weighted by molar-refractivity contribution is 14.1. The van der Waals surface area contributed by atoms with Gasteiger partial charge in [0.15, 0.2) is 6.61 Å². The molecule has 4 aromatic carbocycles. The average Bonchev–Trinajstić information content (AvgIpc) is 2.89. The lowest BCUT2D eigenvalue weighted by atomic mass is 10.2. The predicted molar refractivity (Wildman–Crippen MR) is 151 cm³/mol. The van der Waals surface area contributed by atoms with Gasteiger partial charge in [0.05, 0.1) is 17.1 Å². The maximum absolute atomic E-state index is 13.6. The Morgan fingerprint density at radius 3 is 2.14 bits per heavy atom. The van der Waals surface area contributed by atoms with Crippen molar-refractivity contribution < 1.29 is 17.9 Å². The van der Waals surface area contributed by atoms with Crippen LogP contribution >= 0.6 is 22.6 Å². The summed E-state index contributed by atoms with van der Waals surface area (Å²) in [5, 5.41) is 2.78. The predicted octanol–water partition coefficient (Wildman–Crippen LogP) is 6.01. The first-order chi connectivity index (χ1) is 17.3. The zero-order valence-corrected chi connectivity index (χ0v) is 22.6. The van der Waals surface area contributed by atoms with E-state index in [2.05, 4.69) is 27.9 Å². The second-order valence-corrected chi connectivity index (χ2v) is 11.3. The second kappa shape index (κ2) is 11.6. The van der Waals surface area contributed by atoms with E-state index in [1.807, 2.05) is 61.5 Å². The van der Waals surface area contributed by atoms with Gasteiger partial charge in [-0.25, -0.2) is 8.42 Å². The Hall–Kier alpha value is -3.37. The van der Waals surface area contributed by atoms with Gasteiger partial charge in [-0.3, -0.25) is 9.10 Å². The lowest BCUT2D eigenvalue weighted by Crippen LogP contribution is -2.30. The number of halogens is 1. The number of anilines is 2. The molecule has 0 bridgehead atoms. The molecule has 0 atom stereocenters. The van der Waals surface area contributed by atoms with Crippen LogP contribution in [0.1, 0.15) is 11.1 Å². The first-order valence-corrected chi connectivity index (χ1v) is 13.7. The van der Waals surface area contributed by atoms with Crippen LogP contribution in [0.4, 0.5) is 11.4 Å². The van der Waals surface area contributed by atoms with E-state index in [0.29, 0.717) is 17.1 Å². The van der Waals surface area contributed by atoms with Crippen molar-refractivity contribution in [2.75, 3.05) is 16.2 Å². The first-order valence-electron chi connectivity index (χ1n) is 11.2. The van der Waals surface area contributed by atoms with Crippen molar-refractivity contribution in [2.45, 2.75) is 18.4 Å². The number of rotatable bonds is 9. The maximum Gasteiger partial charge on any atom is 0.264 e. The Balaban J connectivity index is 1.50. The average molecular weight is 612 g/mol. The summed E-state index contributed by atoms with van der Waals surface area (Å²) in [5.41, 5.74) is 3.03. The minimum atomic E-state index is -3.82. The molecule has 4 rings (SSSR count). The maximum atomic E-state index is 13.6. The van der Waals surface area contributed by atoms with Crippen molar-refractivity contribution in [3.63, 3.8) is 0 Å². The fourth-order valence-electron chi connectivity index (χ4n) is 3.49. The molecule has 0 heterocycles. The van der Waals surface area contributed by atoms with Crippen LogP contribution < -0.4 is 14.4 Å². The highest BCUT2D eigenvalue weighted by atomic mass is 127. The molecule has 8 heteroatoms. The summed E-state index contributed by atoms with van der Waals surface area (Å²) in [6, 6.07) is 30.4. The van der Waals surface area contributed by atoms with E-state index in [1.165, 1.54) is 4.31 Å². The molecule has 36 heavy (non-hydrogen) atoms. The Labute approximate surface area is 225 Å². The zero-order chi connectivity index (χ0) is 25.5. The van der Waals surface area contributed by atoms with Gasteiger partial charge < -0.3 is 10.1 Å². The zero-order valence-electron chi connectivity index (χ0n) is 19.6. The van der Waals surface area contributed by atoms with Crippen molar-refractivity contribution in [3.8, 4) is 5.75 Å². The van der Waals surface area contributed by atoms with E-state index in [-0.39, 0.29) is 24.0 Å². The highest BCUT2D eigenvalue weighted by Crippen LogP contribution is 2.28. The molecular formula is C28H25IN2O4S. The summed E-state index contributed by atoms with van der Waals surface area (Å²) >= 11 is 2.20. The van der Waals surface area contributed by atoms with Crippen molar-refractivity contribution in [2.24, 2.45) is 0 Å². The number of carbonyl (C=O) groups is 1. The topological polar surface area (TPSA) is 75.7 Å². The molecule has 0 aliphatic carbocycles. The first kappa shape index (κ1) is 25.7. The van der Waals surface area contributed by atoms with Gasteiger partial charge in [0.25, 0.3) is 15.9 Å². The monoisotopic (exact) mass is 612 g/mol. The van der Waals surface area contributed by atoms with Gasteiger partial charge in [0.1, 0.15) is 5.75 Å². The summed E-state index contributed by atoms with van der Waals surface area (Å²) in [5.74, 6) is 0.178. The van der Waals surface area contributed by atoms with Crippen LogP contribution in [0, 0.1) is 10.5 Å². The molecule has 4 aromatic rings. The summed E-state index contributed by atoms with van der Waals surface area (Å²) in [7, 11) is -3.82. The molecule has 6 nitrogen and oxygen atoms in total. The molecule has 0 saturated carbocycles. The molecular weight excluding hydrogens is 587 g/mol. The summed E-state index contributed by atoms with van der Waals surface area (Å²) in [4.78, 5) is 12.5. The van der Waals surface area contributed by atoms with Crippen LogP contribution in [0.25, 0.3) is 0 Å². The lowest BCUT2D eigenvalue weighted by molar-refractivity contribution is -0.118. The van der Waals surface area contributed by atoms with Crippen LogP contribution in [0.15, 0.2) is 108 Å². The number of hydrogen-bond acceptors (Lipinski definition) is 4. The van der Waals surface area contributed by atoms with E-state index in [1.54, 1.807) is 48.5 Å². The SMILES string of the molecule is Cc1ccc(S(=O)(=O)N(Cc2ccccc2)c2ccc(OCC(=O)Nc3ccc(I)cc3)cc2)cc1. The van der Waals surface area contributed by atoms with E-state index in [4.69, 9.17) is 4.74 Å². The molecule has 0 aromatic heterocycles. The van der Waals surface area contributed by atoms with Crippen molar-refractivity contribution in [1.29, 1.82) is 0 Å².